The zero-order valence-corrected chi connectivity index (χ0v) is 13.1. The number of nitrogens with one attached hydrogen (secondary N) is 1. The minimum atomic E-state index is -3.22. The van der Waals surface area contributed by atoms with Crippen LogP contribution >= 0.6 is 11.6 Å². The van der Waals surface area contributed by atoms with E-state index in [1.807, 2.05) is 6.07 Å². The maximum atomic E-state index is 12.4. The van der Waals surface area contributed by atoms with Crippen molar-refractivity contribution >= 4 is 32.5 Å². The van der Waals surface area contributed by atoms with Crippen molar-refractivity contribution in [3.8, 4) is 0 Å². The van der Waals surface area contributed by atoms with Gasteiger partial charge < -0.3 is 0 Å². The topological polar surface area (TPSA) is 81.1 Å². The Labute approximate surface area is 127 Å². The van der Waals surface area contributed by atoms with Gasteiger partial charge in [-0.2, -0.15) is 0 Å². The van der Waals surface area contributed by atoms with Crippen molar-refractivity contribution in [3.05, 3.63) is 40.4 Å². The van der Waals surface area contributed by atoms with Gasteiger partial charge in [-0.1, -0.05) is 12.1 Å². The first-order chi connectivity index (χ1) is 9.92. The average molecular weight is 330 g/mol. The van der Waals surface area contributed by atoms with Crippen LogP contribution in [-0.4, -0.2) is 30.8 Å². The van der Waals surface area contributed by atoms with Crippen LogP contribution in [0.15, 0.2) is 29.1 Å². The van der Waals surface area contributed by atoms with E-state index in [9.17, 15) is 13.2 Å². The molecule has 2 rings (SSSR count). The number of benzene rings is 1. The summed E-state index contributed by atoms with van der Waals surface area (Å²) in [6, 6.07) is 7.07. The molecular weight excluding hydrogens is 314 g/mol. The van der Waals surface area contributed by atoms with Gasteiger partial charge in [-0.25, -0.2) is 18.1 Å². The van der Waals surface area contributed by atoms with Crippen LogP contribution in [-0.2, 0) is 22.4 Å². The Kier molecular flexibility index (Phi) is 4.97. The van der Waals surface area contributed by atoms with Gasteiger partial charge in [-0.15, -0.1) is 11.6 Å². The summed E-state index contributed by atoms with van der Waals surface area (Å²) in [7, 11) is -3.22. The molecule has 0 aliphatic carbocycles. The number of sulfonamides is 1. The SMILES string of the molecule is CS(=O)(=O)NCCCn1c(CCl)nc2ccccc2c1=O. The van der Waals surface area contributed by atoms with Crippen LogP contribution in [0.4, 0.5) is 0 Å². The lowest BCUT2D eigenvalue weighted by molar-refractivity contribution is 0.564. The van der Waals surface area contributed by atoms with Gasteiger partial charge in [0, 0.05) is 13.1 Å². The van der Waals surface area contributed by atoms with E-state index in [0.717, 1.165) is 6.26 Å². The summed E-state index contributed by atoms with van der Waals surface area (Å²) in [4.78, 5) is 16.8. The van der Waals surface area contributed by atoms with Crippen molar-refractivity contribution in [1.29, 1.82) is 0 Å². The standard InChI is InChI=1S/C13H16ClN3O3S/c1-21(19,20)15-7-4-8-17-12(9-14)16-11-6-3-2-5-10(11)13(17)18/h2-3,5-6,15H,4,7-9H2,1H3. The predicted molar refractivity (Wildman–Crippen MR) is 83.0 cm³/mol. The Bertz CT molecular complexity index is 802. The number of alkyl halides is 1. The molecule has 0 amide bonds. The minimum absolute atomic E-state index is 0.125. The summed E-state index contributed by atoms with van der Waals surface area (Å²) >= 11 is 5.86. The maximum Gasteiger partial charge on any atom is 0.261 e. The number of para-hydroxylation sites is 1. The molecule has 0 radical (unpaired) electrons. The molecule has 8 heteroatoms. The fourth-order valence-electron chi connectivity index (χ4n) is 2.04. The van der Waals surface area contributed by atoms with E-state index in [1.165, 1.54) is 4.57 Å². The highest BCUT2D eigenvalue weighted by Crippen LogP contribution is 2.09. The van der Waals surface area contributed by atoms with Crippen LogP contribution in [0, 0.1) is 0 Å². The van der Waals surface area contributed by atoms with Crippen molar-refractivity contribution in [3.63, 3.8) is 0 Å². The molecule has 0 saturated heterocycles. The third-order valence-corrected chi connectivity index (χ3v) is 3.95. The summed E-state index contributed by atoms with van der Waals surface area (Å²) in [6.07, 6.45) is 1.58. The normalized spacial score (nSPS) is 11.9. The molecule has 0 saturated carbocycles. The summed E-state index contributed by atoms with van der Waals surface area (Å²) in [5, 5.41) is 0.530. The van der Waals surface area contributed by atoms with E-state index in [1.54, 1.807) is 18.2 Å². The number of hydrogen-bond donors (Lipinski definition) is 1. The second kappa shape index (κ2) is 6.55. The van der Waals surface area contributed by atoms with Crippen LogP contribution in [0.5, 0.6) is 0 Å². The van der Waals surface area contributed by atoms with Gasteiger partial charge >= 0.3 is 0 Å². The van der Waals surface area contributed by atoms with E-state index in [4.69, 9.17) is 11.6 Å². The predicted octanol–water partition coefficient (Wildman–Crippen LogP) is 1.07. The Hall–Kier alpha value is -1.44. The molecule has 0 spiro atoms. The van der Waals surface area contributed by atoms with Crippen molar-refractivity contribution in [2.75, 3.05) is 12.8 Å². The highest BCUT2D eigenvalue weighted by molar-refractivity contribution is 7.88. The molecule has 6 nitrogen and oxygen atoms in total. The fourth-order valence-corrected chi connectivity index (χ4v) is 2.76. The number of aromatic nitrogens is 2. The Morgan fingerprint density at radius 3 is 2.71 bits per heavy atom. The number of nitrogens with zero attached hydrogens (tertiary/aromatic N) is 2. The van der Waals surface area contributed by atoms with Crippen molar-refractivity contribution in [1.82, 2.24) is 14.3 Å². The first-order valence-corrected chi connectivity index (χ1v) is 8.84. The van der Waals surface area contributed by atoms with Gasteiger partial charge in [0.05, 0.1) is 23.0 Å². The summed E-state index contributed by atoms with van der Waals surface area (Å²) < 4.78 is 25.9. The van der Waals surface area contributed by atoms with Crippen molar-refractivity contribution in [2.45, 2.75) is 18.8 Å². The number of rotatable bonds is 6. The zero-order valence-electron chi connectivity index (χ0n) is 11.5. The van der Waals surface area contributed by atoms with Gasteiger partial charge in [0.25, 0.3) is 5.56 Å². The van der Waals surface area contributed by atoms with E-state index < -0.39 is 10.0 Å². The van der Waals surface area contributed by atoms with Gasteiger partial charge in [-0.3, -0.25) is 9.36 Å². The molecule has 0 unspecified atom stereocenters. The van der Waals surface area contributed by atoms with E-state index in [2.05, 4.69) is 9.71 Å². The number of fused-ring (bicyclic) bond motifs is 1. The molecule has 114 valence electrons. The highest BCUT2D eigenvalue weighted by Gasteiger charge is 2.10. The lowest BCUT2D eigenvalue weighted by Gasteiger charge is -2.11. The largest absolute Gasteiger partial charge is 0.295 e. The molecule has 0 aliphatic heterocycles. The number of halogens is 1. The zero-order chi connectivity index (χ0) is 15.5. The quantitative estimate of drug-likeness (QED) is 0.635. The molecule has 1 aromatic heterocycles. The Morgan fingerprint density at radius 1 is 1.33 bits per heavy atom. The Balaban J connectivity index is 2.26. The first kappa shape index (κ1) is 15.9. The highest BCUT2D eigenvalue weighted by atomic mass is 35.5. The van der Waals surface area contributed by atoms with Gasteiger partial charge in [0.15, 0.2) is 0 Å². The smallest absolute Gasteiger partial charge is 0.261 e. The lowest BCUT2D eigenvalue weighted by Crippen LogP contribution is -2.28. The monoisotopic (exact) mass is 329 g/mol. The first-order valence-electron chi connectivity index (χ1n) is 6.41. The van der Waals surface area contributed by atoms with E-state index in [0.29, 0.717) is 29.7 Å². The summed E-state index contributed by atoms with van der Waals surface area (Å²) in [6.45, 7) is 0.626. The van der Waals surface area contributed by atoms with Crippen LogP contribution in [0.1, 0.15) is 12.2 Å². The fraction of sp³-hybridized carbons (Fsp3) is 0.385. The third-order valence-electron chi connectivity index (χ3n) is 2.98. The molecule has 0 fully saturated rings. The van der Waals surface area contributed by atoms with E-state index >= 15 is 0 Å². The molecular formula is C13H16ClN3O3S. The van der Waals surface area contributed by atoms with Crippen LogP contribution in [0.2, 0.25) is 0 Å². The molecule has 0 aliphatic rings. The second-order valence-corrected chi connectivity index (χ2v) is 6.76. The van der Waals surface area contributed by atoms with Crippen molar-refractivity contribution < 1.29 is 8.42 Å². The molecule has 0 bridgehead atoms. The maximum absolute atomic E-state index is 12.4. The minimum Gasteiger partial charge on any atom is -0.295 e. The summed E-state index contributed by atoms with van der Waals surface area (Å²) in [5.74, 6) is 0.610. The molecule has 2 aromatic rings. The second-order valence-electron chi connectivity index (χ2n) is 4.66. The average Bonchev–Trinajstić information content (AvgIpc) is 2.44. The molecule has 21 heavy (non-hydrogen) atoms. The van der Waals surface area contributed by atoms with Gasteiger partial charge in [0.1, 0.15) is 5.82 Å². The van der Waals surface area contributed by atoms with Gasteiger partial charge in [0.2, 0.25) is 10.0 Å². The molecule has 1 heterocycles. The molecule has 1 N–H and O–H groups in total. The van der Waals surface area contributed by atoms with Crippen LogP contribution in [0.3, 0.4) is 0 Å². The van der Waals surface area contributed by atoms with Gasteiger partial charge in [-0.05, 0) is 18.6 Å². The van der Waals surface area contributed by atoms with Crippen LogP contribution in [0.25, 0.3) is 10.9 Å². The molecule has 1 aromatic carbocycles. The van der Waals surface area contributed by atoms with Crippen LogP contribution < -0.4 is 10.3 Å². The van der Waals surface area contributed by atoms with E-state index in [-0.39, 0.29) is 18.0 Å². The van der Waals surface area contributed by atoms with Crippen molar-refractivity contribution in [2.24, 2.45) is 0 Å². The lowest BCUT2D eigenvalue weighted by atomic mass is 10.2. The molecule has 0 atom stereocenters. The third kappa shape index (κ3) is 4.03. The Morgan fingerprint density at radius 2 is 2.05 bits per heavy atom. The number of hydrogen-bond acceptors (Lipinski definition) is 4. The summed E-state index contributed by atoms with van der Waals surface area (Å²) in [5.41, 5.74) is 0.458.